The maximum absolute atomic E-state index is 13.0. The fraction of sp³-hybridized carbons (Fsp3) is 0.273. The summed E-state index contributed by atoms with van der Waals surface area (Å²) in [7, 11) is 1.66. The first-order valence-electron chi connectivity index (χ1n) is 9.29. The number of fused-ring (bicyclic) bond motifs is 1. The van der Waals surface area contributed by atoms with Gasteiger partial charge in [-0.1, -0.05) is 36.7 Å². The van der Waals surface area contributed by atoms with Crippen LogP contribution in [0.2, 0.25) is 5.02 Å². The Balaban J connectivity index is 1.96. The predicted octanol–water partition coefficient (Wildman–Crippen LogP) is 4.92. The molecule has 1 aliphatic heterocycles. The smallest absolute Gasteiger partial charge is 0.231 e. The Labute approximate surface area is 183 Å². The van der Waals surface area contributed by atoms with Crippen molar-refractivity contribution in [3.05, 3.63) is 63.7 Å². The largest absolute Gasteiger partial charge is 0.310 e. The van der Waals surface area contributed by atoms with Gasteiger partial charge in [-0.05, 0) is 63.7 Å². The average Bonchev–Trinajstić information content (AvgIpc) is 3.17. The molecule has 1 aliphatic rings. The summed E-state index contributed by atoms with van der Waals surface area (Å²) in [5.41, 5.74) is 4.66. The highest BCUT2D eigenvalue weighted by atomic mass is 79.9. The van der Waals surface area contributed by atoms with E-state index in [1.807, 2.05) is 31.2 Å². The highest BCUT2D eigenvalue weighted by molar-refractivity contribution is 9.18. The molecule has 3 rings (SSSR count). The maximum atomic E-state index is 13.0. The number of hydrogen-bond donors (Lipinski definition) is 0. The van der Waals surface area contributed by atoms with Gasteiger partial charge in [0.05, 0.1) is 23.4 Å². The van der Waals surface area contributed by atoms with E-state index in [1.165, 1.54) is 0 Å². The second-order valence-electron chi connectivity index (χ2n) is 6.61. The van der Waals surface area contributed by atoms with Crippen molar-refractivity contribution in [3.8, 4) is 6.07 Å². The molecule has 29 heavy (non-hydrogen) atoms. The van der Waals surface area contributed by atoms with Crippen LogP contribution in [0.3, 0.4) is 0 Å². The molecule has 0 saturated heterocycles. The third-order valence-corrected chi connectivity index (χ3v) is 5.77. The van der Waals surface area contributed by atoms with Gasteiger partial charge in [-0.25, -0.2) is 4.99 Å². The van der Waals surface area contributed by atoms with Crippen LogP contribution in [0.25, 0.3) is 0 Å². The van der Waals surface area contributed by atoms with Gasteiger partial charge >= 0.3 is 0 Å². The Morgan fingerprint density at radius 3 is 2.76 bits per heavy atom. The summed E-state index contributed by atoms with van der Waals surface area (Å²) >= 11 is 9.52. The minimum atomic E-state index is -0.0636. The lowest BCUT2D eigenvalue weighted by molar-refractivity contribution is -0.117. The molecule has 0 atom stereocenters. The van der Waals surface area contributed by atoms with Crippen molar-refractivity contribution < 1.29 is 4.79 Å². The van der Waals surface area contributed by atoms with E-state index in [0.717, 1.165) is 22.4 Å². The quantitative estimate of drug-likeness (QED) is 0.361. The molecule has 0 N–H and O–H groups in total. The van der Waals surface area contributed by atoms with Crippen LogP contribution in [-0.4, -0.2) is 30.0 Å². The van der Waals surface area contributed by atoms with Gasteiger partial charge in [0, 0.05) is 18.6 Å². The minimum Gasteiger partial charge on any atom is -0.310 e. The van der Waals surface area contributed by atoms with E-state index in [9.17, 15) is 10.1 Å². The molecule has 0 unspecified atom stereocenters. The fourth-order valence-corrected chi connectivity index (χ4v) is 3.87. The number of carbonyl (C=O) groups is 1. The maximum Gasteiger partial charge on any atom is 0.231 e. The summed E-state index contributed by atoms with van der Waals surface area (Å²) in [5.74, 6) is -0.0636. The summed E-state index contributed by atoms with van der Waals surface area (Å²) in [5, 5.41) is 10.3. The number of aliphatic imine (C=N–C) groups is 2. The van der Waals surface area contributed by atoms with Crippen LogP contribution in [0.5, 0.6) is 0 Å². The number of hydrogen-bond acceptors (Lipinski definition) is 3. The summed E-state index contributed by atoms with van der Waals surface area (Å²) in [4.78, 5) is 23.2. The second-order valence-corrected chi connectivity index (χ2v) is 7.73. The molecule has 0 saturated carbocycles. The van der Waals surface area contributed by atoms with E-state index in [4.69, 9.17) is 11.6 Å². The fourth-order valence-electron chi connectivity index (χ4n) is 3.46. The number of amides is 1. The number of carbonyl (C=O) groups excluding carboxylic acids is 1. The first kappa shape index (κ1) is 21.2. The van der Waals surface area contributed by atoms with Crippen molar-refractivity contribution in [1.82, 2.24) is 0 Å². The number of nitrogens with zero attached hydrogens (tertiary/aromatic N) is 4. The van der Waals surface area contributed by atoms with Crippen molar-refractivity contribution in [2.75, 3.05) is 18.5 Å². The molecule has 148 valence electrons. The minimum absolute atomic E-state index is 0.0636. The molecular formula is C22H20BrClN4O. The number of amidine groups is 1. The van der Waals surface area contributed by atoms with Gasteiger partial charge in [0.15, 0.2) is 4.74 Å². The zero-order valence-corrected chi connectivity index (χ0v) is 18.6. The molecule has 2 aromatic carbocycles. The van der Waals surface area contributed by atoms with Crippen LogP contribution in [0.4, 0.5) is 5.69 Å². The van der Waals surface area contributed by atoms with Crippen LogP contribution in [0, 0.1) is 11.3 Å². The van der Waals surface area contributed by atoms with Crippen LogP contribution >= 0.6 is 27.5 Å². The van der Waals surface area contributed by atoms with Crippen molar-refractivity contribution in [2.45, 2.75) is 26.2 Å². The van der Waals surface area contributed by atoms with E-state index >= 15 is 0 Å². The van der Waals surface area contributed by atoms with Crippen LogP contribution < -0.4 is 4.90 Å². The zero-order chi connectivity index (χ0) is 21.0. The van der Waals surface area contributed by atoms with Crippen molar-refractivity contribution in [3.63, 3.8) is 0 Å². The molecule has 0 bridgehead atoms. The monoisotopic (exact) mass is 470 g/mol. The van der Waals surface area contributed by atoms with Gasteiger partial charge < -0.3 is 4.90 Å². The Morgan fingerprint density at radius 2 is 2.10 bits per heavy atom. The molecule has 5 nitrogen and oxygen atoms in total. The van der Waals surface area contributed by atoms with Gasteiger partial charge in [-0.15, -0.1) is 0 Å². The summed E-state index contributed by atoms with van der Waals surface area (Å²) < 4.78 is 0.505. The van der Waals surface area contributed by atoms with Crippen LogP contribution in [-0.2, 0) is 17.6 Å². The first-order chi connectivity index (χ1) is 14.0. The van der Waals surface area contributed by atoms with Crippen molar-refractivity contribution >= 4 is 49.6 Å². The first-order valence-corrected chi connectivity index (χ1v) is 10.5. The van der Waals surface area contributed by atoms with Gasteiger partial charge in [0.2, 0.25) is 5.91 Å². The number of nitriles is 1. The van der Waals surface area contributed by atoms with E-state index in [1.54, 1.807) is 24.1 Å². The number of rotatable bonds is 4. The summed E-state index contributed by atoms with van der Waals surface area (Å²) in [6.07, 6.45) is 1.60. The molecule has 2 aromatic rings. The highest BCUT2D eigenvalue weighted by Gasteiger charge is 2.29. The molecule has 7 heteroatoms. The van der Waals surface area contributed by atoms with Crippen molar-refractivity contribution in [2.24, 2.45) is 9.98 Å². The Hall–Kier alpha value is -2.49. The molecular weight excluding hydrogens is 452 g/mol. The van der Waals surface area contributed by atoms with E-state index in [-0.39, 0.29) is 12.3 Å². The predicted molar refractivity (Wildman–Crippen MR) is 121 cm³/mol. The van der Waals surface area contributed by atoms with E-state index in [0.29, 0.717) is 40.4 Å². The Bertz CT molecular complexity index is 1060. The zero-order valence-electron chi connectivity index (χ0n) is 16.2. The molecule has 0 radical (unpaired) electrons. The number of halogens is 2. The molecule has 0 aromatic heterocycles. The Morgan fingerprint density at radius 1 is 1.34 bits per heavy atom. The number of anilines is 1. The van der Waals surface area contributed by atoms with Crippen LogP contribution in [0.15, 0.2) is 46.4 Å². The SMILES string of the molecule is CC/C(=N\C(Br)=NC)c1cc(C#N)c2c(c1)CCN2C(=O)Cc1ccccc1Cl. The lowest BCUT2D eigenvalue weighted by Crippen LogP contribution is -2.31. The standard InChI is InChI=1S/C22H20BrClN4O/c1-3-19(27-22(23)26-2)16-10-15-8-9-28(21(15)17(11-16)13-25)20(29)12-14-6-4-5-7-18(14)24/h4-7,10-11H,3,8-9,12H2,1-2H3/b26-22?,27-19+. The van der Waals surface area contributed by atoms with Gasteiger partial charge in [0.25, 0.3) is 0 Å². The van der Waals surface area contributed by atoms with Gasteiger partial charge in [0.1, 0.15) is 6.07 Å². The summed E-state index contributed by atoms with van der Waals surface area (Å²) in [6, 6.07) is 13.4. The molecule has 1 heterocycles. The molecule has 1 amide bonds. The molecule has 0 spiro atoms. The lowest BCUT2D eigenvalue weighted by Gasteiger charge is -2.19. The van der Waals surface area contributed by atoms with E-state index < -0.39 is 0 Å². The normalized spacial score (nSPS) is 14.0. The van der Waals surface area contributed by atoms with Crippen LogP contribution in [0.1, 0.15) is 35.6 Å². The Kier molecular flexibility index (Phi) is 6.83. The second kappa shape index (κ2) is 9.34. The molecule has 0 fully saturated rings. The third-order valence-electron chi connectivity index (χ3n) is 4.86. The number of benzene rings is 2. The average molecular weight is 472 g/mol. The highest BCUT2D eigenvalue weighted by Crippen LogP contribution is 2.34. The van der Waals surface area contributed by atoms with Crippen molar-refractivity contribution in [1.29, 1.82) is 5.26 Å². The van der Waals surface area contributed by atoms with E-state index in [2.05, 4.69) is 32.0 Å². The molecule has 0 aliphatic carbocycles. The summed E-state index contributed by atoms with van der Waals surface area (Å²) in [6.45, 7) is 2.56. The van der Waals surface area contributed by atoms with Gasteiger partial charge in [-0.3, -0.25) is 9.79 Å². The lowest BCUT2D eigenvalue weighted by atomic mass is 9.99. The van der Waals surface area contributed by atoms with Gasteiger partial charge in [-0.2, -0.15) is 5.26 Å². The third kappa shape index (κ3) is 4.58. The topological polar surface area (TPSA) is 68.8 Å².